The third-order valence-electron chi connectivity index (χ3n) is 8.89. The Morgan fingerprint density at radius 2 is 1.49 bits per heavy atom. The van der Waals surface area contributed by atoms with Crippen LogP contribution in [0.5, 0.6) is 0 Å². The molecule has 1 saturated heterocycles. The van der Waals surface area contributed by atoms with Crippen LogP contribution in [-0.2, 0) is 44.8 Å². The van der Waals surface area contributed by atoms with Crippen molar-refractivity contribution in [1.82, 2.24) is 41.5 Å². The van der Waals surface area contributed by atoms with Crippen molar-refractivity contribution in [3.8, 4) is 0 Å². The minimum absolute atomic E-state index is 0.0740. The highest BCUT2D eigenvalue weighted by Gasteiger charge is 2.40. The lowest BCUT2D eigenvalue weighted by Crippen LogP contribution is -2.62. The summed E-state index contributed by atoms with van der Waals surface area (Å²) < 4.78 is 0. The number of hydrogen-bond donors (Lipinski definition) is 11. The highest BCUT2D eigenvalue weighted by atomic mass is 16.4. The number of H-pyrrole nitrogens is 1. The first-order valence-corrected chi connectivity index (χ1v) is 17.2. The van der Waals surface area contributed by atoms with Crippen molar-refractivity contribution in [3.63, 3.8) is 0 Å². The number of nitrogens with zero attached hydrogens (tertiary/aromatic N) is 2. The number of carbonyl (C=O) groups is 8. The monoisotopic (exact) mass is 752 g/mol. The molecule has 0 aliphatic carbocycles. The lowest BCUT2D eigenvalue weighted by molar-refractivity contribution is -0.145. The van der Waals surface area contributed by atoms with Gasteiger partial charge in [0.25, 0.3) is 0 Å². The SMILES string of the molecule is CC[C@H](C)[C@H](N)C(=O)N[C@@H](CC(N)=O)C(=O)N[C@@H](CO)C(=O)N[C@H](C(=O)N[C@@H](CO)C(=O)N1CCC[C@H]1C(=O)N[C@@H](Cc1cnc[nH]1)C(=O)O)C(C)C. The van der Waals surface area contributed by atoms with Crippen LogP contribution in [0.3, 0.4) is 0 Å². The standard InChI is InChI=1S/C32H52N10O11/c1-5-16(4)24(34)29(49)37-18(10-23(33)45)26(46)39-20(12-43)27(47)41-25(15(2)3)30(50)40-21(13-44)31(51)42-8-6-7-22(42)28(48)38-19(32(52)53)9-17-11-35-14-36-17/h11,14-16,18-22,24-25,43-44H,5-10,12-13,34H2,1-4H3,(H2,33,45)(H,35,36)(H,37,49)(H,38,48)(H,39,46)(H,40,50)(H,41,47)(H,52,53)/t16-,18-,19-,20-,21-,22-,24-,25-/m0/s1. The Kier molecular flexibility index (Phi) is 17.3. The van der Waals surface area contributed by atoms with Crippen molar-refractivity contribution in [2.75, 3.05) is 19.8 Å². The molecular weight excluding hydrogens is 700 g/mol. The Morgan fingerprint density at radius 1 is 0.887 bits per heavy atom. The third-order valence-corrected chi connectivity index (χ3v) is 8.89. The van der Waals surface area contributed by atoms with Gasteiger partial charge in [0, 0.05) is 24.9 Å². The molecule has 2 rings (SSSR count). The molecule has 8 atom stereocenters. The number of aromatic amines is 1. The predicted molar refractivity (Wildman–Crippen MR) is 185 cm³/mol. The zero-order valence-electron chi connectivity index (χ0n) is 30.2. The normalized spacial score (nSPS) is 18.0. The number of carboxylic acid groups (broad SMARTS) is 1. The van der Waals surface area contributed by atoms with Crippen LogP contribution in [-0.4, -0.2) is 140 Å². The fourth-order valence-corrected chi connectivity index (χ4v) is 5.48. The van der Waals surface area contributed by atoms with Gasteiger partial charge in [0.05, 0.1) is 32.0 Å². The number of carboxylic acids is 1. The molecule has 1 aromatic rings. The Morgan fingerprint density at radius 3 is 2.02 bits per heavy atom. The molecule has 21 nitrogen and oxygen atoms in total. The van der Waals surface area contributed by atoms with E-state index >= 15 is 0 Å². The molecule has 1 fully saturated rings. The summed E-state index contributed by atoms with van der Waals surface area (Å²) in [5, 5.41) is 41.4. The Hall–Kier alpha value is -5.15. The molecule has 0 bridgehead atoms. The molecule has 53 heavy (non-hydrogen) atoms. The summed E-state index contributed by atoms with van der Waals surface area (Å²) >= 11 is 0. The summed E-state index contributed by atoms with van der Waals surface area (Å²) in [6.07, 6.45) is 3.12. The molecule has 2 heterocycles. The molecule has 0 unspecified atom stereocenters. The van der Waals surface area contributed by atoms with Crippen molar-refractivity contribution in [3.05, 3.63) is 18.2 Å². The zero-order valence-corrected chi connectivity index (χ0v) is 30.2. The first-order valence-electron chi connectivity index (χ1n) is 17.2. The molecule has 0 aromatic carbocycles. The van der Waals surface area contributed by atoms with Crippen molar-refractivity contribution >= 4 is 47.3 Å². The number of primary amides is 1. The van der Waals surface area contributed by atoms with Gasteiger partial charge in [0.1, 0.15) is 36.3 Å². The number of hydrogen-bond acceptors (Lipinski definition) is 12. The second-order valence-corrected chi connectivity index (χ2v) is 13.2. The minimum Gasteiger partial charge on any atom is -0.480 e. The van der Waals surface area contributed by atoms with Gasteiger partial charge >= 0.3 is 5.97 Å². The summed E-state index contributed by atoms with van der Waals surface area (Å²) in [6, 6.07) is -9.60. The van der Waals surface area contributed by atoms with Crippen LogP contribution in [0.15, 0.2) is 12.5 Å². The predicted octanol–water partition coefficient (Wildman–Crippen LogP) is -4.66. The van der Waals surface area contributed by atoms with Gasteiger partial charge in [0.15, 0.2) is 0 Å². The molecule has 7 amide bonds. The molecule has 0 spiro atoms. The highest BCUT2D eigenvalue weighted by Crippen LogP contribution is 2.19. The van der Waals surface area contributed by atoms with Crippen LogP contribution in [0.4, 0.5) is 0 Å². The van der Waals surface area contributed by atoms with Crippen LogP contribution in [0.25, 0.3) is 0 Å². The topological polar surface area (TPSA) is 341 Å². The van der Waals surface area contributed by atoms with E-state index in [4.69, 9.17) is 11.5 Å². The number of amides is 7. The Balaban J connectivity index is 2.12. The molecule has 1 aliphatic heterocycles. The Labute approximate surface area is 305 Å². The number of aliphatic hydroxyl groups excluding tert-OH is 2. The average molecular weight is 753 g/mol. The Bertz CT molecular complexity index is 1460. The molecular formula is C32H52N10O11. The quantitative estimate of drug-likeness (QED) is 0.0563. The molecule has 0 radical (unpaired) electrons. The number of aromatic nitrogens is 2. The lowest BCUT2D eigenvalue weighted by atomic mass is 9.99. The van der Waals surface area contributed by atoms with E-state index in [1.54, 1.807) is 27.7 Å². The number of nitrogens with one attached hydrogen (secondary N) is 6. The van der Waals surface area contributed by atoms with E-state index in [1.807, 2.05) is 0 Å². The molecule has 1 aliphatic rings. The van der Waals surface area contributed by atoms with E-state index in [1.165, 1.54) is 12.5 Å². The third kappa shape index (κ3) is 12.8. The largest absolute Gasteiger partial charge is 0.480 e. The van der Waals surface area contributed by atoms with Gasteiger partial charge in [-0.3, -0.25) is 33.6 Å². The van der Waals surface area contributed by atoms with Crippen LogP contribution in [0.2, 0.25) is 0 Å². The number of likely N-dealkylation sites (tertiary alicyclic amines) is 1. The second kappa shape index (κ2) is 20.8. The molecule has 296 valence electrons. The number of aliphatic carboxylic acids is 1. The van der Waals surface area contributed by atoms with Crippen molar-refractivity contribution < 1.29 is 53.7 Å². The molecule has 13 N–H and O–H groups in total. The van der Waals surface area contributed by atoms with Crippen molar-refractivity contribution in [2.24, 2.45) is 23.3 Å². The van der Waals surface area contributed by atoms with E-state index in [0.29, 0.717) is 18.5 Å². The van der Waals surface area contributed by atoms with Gasteiger partial charge < -0.3 is 63.3 Å². The van der Waals surface area contributed by atoms with Crippen LogP contribution >= 0.6 is 0 Å². The first kappa shape index (κ1) is 44.0. The lowest BCUT2D eigenvalue weighted by Gasteiger charge is -2.30. The van der Waals surface area contributed by atoms with E-state index < -0.39 is 115 Å². The maximum absolute atomic E-state index is 13.5. The maximum Gasteiger partial charge on any atom is 0.326 e. The van der Waals surface area contributed by atoms with E-state index in [9.17, 15) is 53.7 Å². The smallest absolute Gasteiger partial charge is 0.326 e. The fraction of sp³-hybridized carbons (Fsp3) is 0.656. The van der Waals surface area contributed by atoms with Gasteiger partial charge in [-0.2, -0.15) is 0 Å². The maximum atomic E-state index is 13.5. The van der Waals surface area contributed by atoms with Crippen LogP contribution in [0.1, 0.15) is 59.1 Å². The second-order valence-electron chi connectivity index (χ2n) is 13.2. The number of carbonyl (C=O) groups excluding carboxylic acids is 7. The number of rotatable bonds is 21. The number of nitrogens with two attached hydrogens (primary N) is 2. The van der Waals surface area contributed by atoms with Crippen molar-refractivity contribution in [1.29, 1.82) is 0 Å². The van der Waals surface area contributed by atoms with Gasteiger partial charge in [0.2, 0.25) is 41.4 Å². The van der Waals surface area contributed by atoms with Crippen LogP contribution < -0.4 is 38.1 Å². The number of aliphatic hydroxyl groups is 2. The van der Waals surface area contributed by atoms with Crippen LogP contribution in [0, 0.1) is 11.8 Å². The van der Waals surface area contributed by atoms with E-state index in [-0.39, 0.29) is 25.3 Å². The van der Waals surface area contributed by atoms with Gasteiger partial charge in [-0.15, -0.1) is 0 Å². The average Bonchev–Trinajstić information content (AvgIpc) is 3.82. The molecule has 21 heteroatoms. The summed E-state index contributed by atoms with van der Waals surface area (Å²) in [5.41, 5.74) is 11.6. The minimum atomic E-state index is -1.67. The molecule has 1 aromatic heterocycles. The van der Waals surface area contributed by atoms with Crippen molar-refractivity contribution in [2.45, 2.75) is 102 Å². The van der Waals surface area contributed by atoms with E-state index in [2.05, 4.69) is 36.6 Å². The summed E-state index contributed by atoms with van der Waals surface area (Å²) in [4.78, 5) is 110. The fourth-order valence-electron chi connectivity index (χ4n) is 5.48. The highest BCUT2D eigenvalue weighted by molar-refractivity contribution is 5.98. The first-order chi connectivity index (χ1) is 24.9. The number of imidazole rings is 1. The van der Waals surface area contributed by atoms with E-state index in [0.717, 1.165) is 4.90 Å². The zero-order chi connectivity index (χ0) is 40.0. The molecule has 0 saturated carbocycles. The summed E-state index contributed by atoms with van der Waals surface area (Å²) in [6.45, 7) is 4.83. The van der Waals surface area contributed by atoms with Gasteiger partial charge in [-0.25, -0.2) is 9.78 Å². The van der Waals surface area contributed by atoms with Gasteiger partial charge in [-0.1, -0.05) is 34.1 Å². The summed E-state index contributed by atoms with van der Waals surface area (Å²) in [7, 11) is 0. The summed E-state index contributed by atoms with van der Waals surface area (Å²) in [5.74, 6) is -8.50. The van der Waals surface area contributed by atoms with Gasteiger partial charge in [-0.05, 0) is 24.7 Å².